The van der Waals surface area contributed by atoms with Crippen LogP contribution < -0.4 is 5.73 Å². The van der Waals surface area contributed by atoms with E-state index in [1.165, 1.54) is 0 Å². The van der Waals surface area contributed by atoms with Crippen LogP contribution in [-0.2, 0) is 11.8 Å². The SMILES string of the molecule is COCCN(CCN)C(=O)c1cnn(C)c1C. The summed E-state index contributed by atoms with van der Waals surface area (Å²) >= 11 is 0. The summed E-state index contributed by atoms with van der Waals surface area (Å²) in [5.74, 6) is -0.0434. The molecule has 1 heterocycles. The smallest absolute Gasteiger partial charge is 0.257 e. The van der Waals surface area contributed by atoms with E-state index in [0.29, 0.717) is 31.8 Å². The third kappa shape index (κ3) is 3.28. The lowest BCUT2D eigenvalue weighted by Crippen LogP contribution is -2.37. The average molecular weight is 240 g/mol. The zero-order chi connectivity index (χ0) is 12.8. The van der Waals surface area contributed by atoms with Gasteiger partial charge in [0.2, 0.25) is 0 Å². The standard InChI is InChI=1S/C11H20N4O2/c1-9-10(8-13-14(9)2)11(16)15(5-4-12)6-7-17-3/h8H,4-7,12H2,1-3H3. The van der Waals surface area contributed by atoms with Gasteiger partial charge in [0.1, 0.15) is 0 Å². The molecule has 0 aliphatic carbocycles. The summed E-state index contributed by atoms with van der Waals surface area (Å²) in [6.07, 6.45) is 1.59. The lowest BCUT2D eigenvalue weighted by Gasteiger charge is -2.21. The zero-order valence-electron chi connectivity index (χ0n) is 10.6. The normalized spacial score (nSPS) is 10.6. The van der Waals surface area contributed by atoms with E-state index in [9.17, 15) is 4.79 Å². The molecule has 0 fully saturated rings. The maximum atomic E-state index is 12.2. The molecule has 1 aromatic rings. The number of methoxy groups -OCH3 is 1. The fourth-order valence-corrected chi connectivity index (χ4v) is 1.55. The molecule has 0 unspecified atom stereocenters. The lowest BCUT2D eigenvalue weighted by molar-refractivity contribution is 0.0700. The molecule has 0 aliphatic heterocycles. The molecule has 1 aromatic heterocycles. The highest BCUT2D eigenvalue weighted by atomic mass is 16.5. The molecule has 2 N–H and O–H groups in total. The highest BCUT2D eigenvalue weighted by Crippen LogP contribution is 2.09. The van der Waals surface area contributed by atoms with Crippen molar-refractivity contribution in [2.75, 3.05) is 33.4 Å². The first-order chi connectivity index (χ1) is 8.11. The predicted molar refractivity (Wildman–Crippen MR) is 64.8 cm³/mol. The first-order valence-electron chi connectivity index (χ1n) is 5.58. The summed E-state index contributed by atoms with van der Waals surface area (Å²) in [7, 11) is 3.43. The zero-order valence-corrected chi connectivity index (χ0v) is 10.6. The Labute approximate surface area is 101 Å². The van der Waals surface area contributed by atoms with Crippen molar-refractivity contribution in [3.8, 4) is 0 Å². The fraction of sp³-hybridized carbons (Fsp3) is 0.636. The van der Waals surface area contributed by atoms with Crippen LogP contribution in [0.3, 0.4) is 0 Å². The van der Waals surface area contributed by atoms with Gasteiger partial charge < -0.3 is 15.4 Å². The molecule has 6 nitrogen and oxygen atoms in total. The van der Waals surface area contributed by atoms with Gasteiger partial charge in [0.25, 0.3) is 5.91 Å². The highest BCUT2D eigenvalue weighted by Gasteiger charge is 2.19. The Morgan fingerprint density at radius 2 is 2.29 bits per heavy atom. The number of carbonyl (C=O) groups is 1. The third-order valence-electron chi connectivity index (χ3n) is 2.72. The molecule has 6 heteroatoms. The van der Waals surface area contributed by atoms with Gasteiger partial charge in [0.05, 0.1) is 18.4 Å². The molecular formula is C11H20N4O2. The van der Waals surface area contributed by atoms with E-state index in [1.807, 2.05) is 14.0 Å². The Hall–Kier alpha value is -1.40. The van der Waals surface area contributed by atoms with E-state index in [0.717, 1.165) is 5.69 Å². The van der Waals surface area contributed by atoms with Crippen molar-refractivity contribution in [2.24, 2.45) is 12.8 Å². The third-order valence-corrected chi connectivity index (χ3v) is 2.72. The summed E-state index contributed by atoms with van der Waals surface area (Å²) < 4.78 is 6.67. The first kappa shape index (κ1) is 13.7. The van der Waals surface area contributed by atoms with Gasteiger partial charge in [-0.1, -0.05) is 0 Å². The number of aryl methyl sites for hydroxylation is 1. The number of amides is 1. The average Bonchev–Trinajstić information content (AvgIpc) is 2.65. The van der Waals surface area contributed by atoms with Gasteiger partial charge in [-0.3, -0.25) is 9.48 Å². The van der Waals surface area contributed by atoms with Crippen LogP contribution in [0.1, 0.15) is 16.1 Å². The summed E-state index contributed by atoms with van der Waals surface area (Å²) in [5.41, 5.74) is 6.98. The minimum absolute atomic E-state index is 0.0434. The second kappa shape index (κ2) is 6.36. The van der Waals surface area contributed by atoms with Gasteiger partial charge in [0.15, 0.2) is 0 Å². The number of ether oxygens (including phenoxy) is 1. The van der Waals surface area contributed by atoms with E-state index in [-0.39, 0.29) is 5.91 Å². The predicted octanol–water partition coefficient (Wildman–Crippen LogP) is -0.224. The van der Waals surface area contributed by atoms with Crippen molar-refractivity contribution in [3.05, 3.63) is 17.5 Å². The molecule has 0 aliphatic rings. The summed E-state index contributed by atoms with van der Waals surface area (Å²) in [5, 5.41) is 4.07. The van der Waals surface area contributed by atoms with Gasteiger partial charge >= 0.3 is 0 Å². The lowest BCUT2D eigenvalue weighted by atomic mass is 10.2. The molecule has 0 radical (unpaired) electrons. The number of nitrogens with zero attached hydrogens (tertiary/aromatic N) is 3. The van der Waals surface area contributed by atoms with Crippen LogP contribution in [0.5, 0.6) is 0 Å². The number of hydrogen-bond donors (Lipinski definition) is 1. The first-order valence-corrected chi connectivity index (χ1v) is 5.58. The molecule has 0 aromatic carbocycles. The van der Waals surface area contributed by atoms with Gasteiger partial charge in [-0.15, -0.1) is 0 Å². The summed E-state index contributed by atoms with van der Waals surface area (Å²) in [4.78, 5) is 13.9. The largest absolute Gasteiger partial charge is 0.383 e. The van der Waals surface area contributed by atoms with Crippen LogP contribution >= 0.6 is 0 Å². The van der Waals surface area contributed by atoms with Crippen LogP contribution in [0.15, 0.2) is 6.20 Å². The van der Waals surface area contributed by atoms with Crippen LogP contribution in [0.2, 0.25) is 0 Å². The molecular weight excluding hydrogens is 220 g/mol. The quantitative estimate of drug-likeness (QED) is 0.746. The van der Waals surface area contributed by atoms with Crippen LogP contribution in [0, 0.1) is 6.92 Å². The minimum atomic E-state index is -0.0434. The van der Waals surface area contributed by atoms with E-state index in [2.05, 4.69) is 5.10 Å². The molecule has 0 bridgehead atoms. The molecule has 17 heavy (non-hydrogen) atoms. The fourth-order valence-electron chi connectivity index (χ4n) is 1.55. The highest BCUT2D eigenvalue weighted by molar-refractivity contribution is 5.95. The van der Waals surface area contributed by atoms with Crippen molar-refractivity contribution in [3.63, 3.8) is 0 Å². The Morgan fingerprint density at radius 1 is 1.59 bits per heavy atom. The van der Waals surface area contributed by atoms with Crippen LogP contribution in [0.25, 0.3) is 0 Å². The maximum absolute atomic E-state index is 12.2. The number of aromatic nitrogens is 2. The van der Waals surface area contributed by atoms with Gasteiger partial charge in [-0.2, -0.15) is 5.10 Å². The van der Waals surface area contributed by atoms with Crippen molar-refractivity contribution in [1.82, 2.24) is 14.7 Å². The maximum Gasteiger partial charge on any atom is 0.257 e. The second-order valence-corrected chi connectivity index (χ2v) is 3.84. The van der Waals surface area contributed by atoms with Crippen molar-refractivity contribution in [1.29, 1.82) is 0 Å². The molecule has 0 saturated carbocycles. The minimum Gasteiger partial charge on any atom is -0.383 e. The molecule has 0 spiro atoms. The Kier molecular flexibility index (Phi) is 5.11. The second-order valence-electron chi connectivity index (χ2n) is 3.84. The summed E-state index contributed by atoms with van der Waals surface area (Å²) in [6, 6.07) is 0. The van der Waals surface area contributed by atoms with Gasteiger partial charge in [-0.25, -0.2) is 0 Å². The molecule has 0 saturated heterocycles. The van der Waals surface area contributed by atoms with E-state index in [1.54, 1.807) is 22.9 Å². The Bertz CT molecular complexity index is 376. The van der Waals surface area contributed by atoms with E-state index in [4.69, 9.17) is 10.5 Å². The topological polar surface area (TPSA) is 73.4 Å². The Balaban J connectivity index is 2.80. The monoisotopic (exact) mass is 240 g/mol. The molecule has 0 atom stereocenters. The van der Waals surface area contributed by atoms with Crippen LogP contribution in [-0.4, -0.2) is 53.9 Å². The van der Waals surface area contributed by atoms with Crippen molar-refractivity contribution >= 4 is 5.91 Å². The number of rotatable bonds is 6. The molecule has 1 rings (SSSR count). The van der Waals surface area contributed by atoms with Crippen molar-refractivity contribution < 1.29 is 9.53 Å². The Morgan fingerprint density at radius 3 is 2.76 bits per heavy atom. The van der Waals surface area contributed by atoms with Crippen LogP contribution in [0.4, 0.5) is 0 Å². The number of hydrogen-bond acceptors (Lipinski definition) is 4. The van der Waals surface area contributed by atoms with E-state index < -0.39 is 0 Å². The number of carbonyl (C=O) groups excluding carboxylic acids is 1. The molecule has 1 amide bonds. The van der Waals surface area contributed by atoms with Gasteiger partial charge in [-0.05, 0) is 6.92 Å². The number of nitrogens with two attached hydrogens (primary N) is 1. The summed E-state index contributed by atoms with van der Waals surface area (Å²) in [6.45, 7) is 3.88. The van der Waals surface area contributed by atoms with Gasteiger partial charge in [0, 0.05) is 39.5 Å². The molecule has 96 valence electrons. The van der Waals surface area contributed by atoms with E-state index >= 15 is 0 Å². The van der Waals surface area contributed by atoms with Crippen molar-refractivity contribution in [2.45, 2.75) is 6.92 Å².